The third-order valence-electron chi connectivity index (χ3n) is 4.74. The summed E-state index contributed by atoms with van der Waals surface area (Å²) in [5, 5.41) is 13.4. The number of carbonyl (C=O) groups excluding carboxylic acids is 1. The van der Waals surface area contributed by atoms with Crippen LogP contribution in [0.5, 0.6) is 0 Å². The number of thiophene rings is 1. The molecule has 0 unspecified atom stereocenters. The van der Waals surface area contributed by atoms with E-state index in [-0.39, 0.29) is 12.5 Å². The average Bonchev–Trinajstić information content (AvgIpc) is 3.03. The molecule has 3 rings (SSSR count). The summed E-state index contributed by atoms with van der Waals surface area (Å²) in [6.07, 6.45) is 1.91. The van der Waals surface area contributed by atoms with Crippen molar-refractivity contribution in [3.63, 3.8) is 0 Å². The fourth-order valence-corrected chi connectivity index (χ4v) is 4.28. The first-order valence-electron chi connectivity index (χ1n) is 9.48. The number of hydrogen-bond acceptors (Lipinski definition) is 6. The number of nitrogens with one attached hydrogen (secondary N) is 1. The molecular weight excluding hydrogens is 372 g/mol. The van der Waals surface area contributed by atoms with Crippen molar-refractivity contribution in [1.29, 1.82) is 0 Å². The van der Waals surface area contributed by atoms with Crippen LogP contribution in [0.25, 0.3) is 21.3 Å². The molecule has 2 aromatic heterocycles. The highest BCUT2D eigenvalue weighted by atomic mass is 32.1. The maximum absolute atomic E-state index is 12.3. The van der Waals surface area contributed by atoms with Crippen molar-refractivity contribution in [2.45, 2.75) is 27.2 Å². The Morgan fingerprint density at radius 1 is 1.21 bits per heavy atom. The quantitative estimate of drug-likeness (QED) is 0.606. The number of carbonyl (C=O) groups is 1. The van der Waals surface area contributed by atoms with Crippen LogP contribution in [0, 0.1) is 13.8 Å². The summed E-state index contributed by atoms with van der Waals surface area (Å²) in [6.45, 7) is 7.52. The van der Waals surface area contributed by atoms with Gasteiger partial charge >= 0.3 is 0 Å². The number of amides is 1. The number of hydrogen-bond donors (Lipinski definition) is 2. The van der Waals surface area contributed by atoms with E-state index in [0.29, 0.717) is 26.1 Å². The highest BCUT2D eigenvalue weighted by Crippen LogP contribution is 2.40. The van der Waals surface area contributed by atoms with Gasteiger partial charge in [-0.3, -0.25) is 4.79 Å². The van der Waals surface area contributed by atoms with E-state index in [9.17, 15) is 4.79 Å². The van der Waals surface area contributed by atoms with Gasteiger partial charge in [-0.15, -0.1) is 11.3 Å². The largest absolute Gasteiger partial charge is 0.395 e. The Hall–Kier alpha value is -2.51. The summed E-state index contributed by atoms with van der Waals surface area (Å²) in [7, 11) is 0. The fraction of sp³-hybridized carbons (Fsp3) is 0.381. The number of aromatic nitrogens is 2. The Labute approximate surface area is 169 Å². The van der Waals surface area contributed by atoms with Crippen LogP contribution in [-0.2, 0) is 4.79 Å². The Kier molecular flexibility index (Phi) is 6.59. The molecule has 6 nitrogen and oxygen atoms in total. The Morgan fingerprint density at radius 2 is 1.96 bits per heavy atom. The van der Waals surface area contributed by atoms with Gasteiger partial charge in [-0.2, -0.15) is 0 Å². The monoisotopic (exact) mass is 398 g/mol. The molecule has 0 bridgehead atoms. The molecule has 0 fully saturated rings. The molecule has 2 heterocycles. The van der Waals surface area contributed by atoms with Crippen molar-refractivity contribution in [3.8, 4) is 11.1 Å². The Balaban J connectivity index is 1.84. The third kappa shape index (κ3) is 4.31. The second-order valence-corrected chi connectivity index (χ2v) is 7.88. The normalized spacial score (nSPS) is 11.0. The van der Waals surface area contributed by atoms with Crippen molar-refractivity contribution in [2.75, 3.05) is 31.6 Å². The van der Waals surface area contributed by atoms with Crippen molar-refractivity contribution in [1.82, 2.24) is 14.9 Å². The zero-order valence-electron chi connectivity index (χ0n) is 16.5. The molecule has 7 heteroatoms. The van der Waals surface area contributed by atoms with Gasteiger partial charge in [0.2, 0.25) is 5.91 Å². The SMILES string of the molecule is CCN(CCO)C(=O)CCNc1ncnc2sc(C)c(-c3ccc(C)cc3)c12. The van der Waals surface area contributed by atoms with Gasteiger partial charge in [-0.1, -0.05) is 29.8 Å². The molecule has 1 aromatic carbocycles. The molecule has 0 saturated heterocycles. The molecule has 0 aliphatic heterocycles. The van der Waals surface area contributed by atoms with Gasteiger partial charge in [0.25, 0.3) is 0 Å². The molecule has 2 N–H and O–H groups in total. The number of benzene rings is 1. The second kappa shape index (κ2) is 9.12. The zero-order chi connectivity index (χ0) is 20.1. The molecule has 0 aliphatic rings. The van der Waals surface area contributed by atoms with Crippen LogP contribution >= 0.6 is 11.3 Å². The lowest BCUT2D eigenvalue weighted by Crippen LogP contribution is -2.34. The number of likely N-dealkylation sites (N-methyl/N-ethyl adjacent to an activating group) is 1. The summed E-state index contributed by atoms with van der Waals surface area (Å²) in [5.41, 5.74) is 3.51. The van der Waals surface area contributed by atoms with Gasteiger partial charge in [0.15, 0.2) is 0 Å². The lowest BCUT2D eigenvalue weighted by atomic mass is 10.0. The summed E-state index contributed by atoms with van der Waals surface area (Å²) in [4.78, 5) is 25.0. The zero-order valence-corrected chi connectivity index (χ0v) is 17.3. The van der Waals surface area contributed by atoms with Gasteiger partial charge in [0.1, 0.15) is 17.0 Å². The number of aliphatic hydroxyl groups excluding tert-OH is 1. The maximum atomic E-state index is 12.3. The van der Waals surface area contributed by atoms with E-state index in [2.05, 4.69) is 53.4 Å². The first kappa shape index (κ1) is 20.2. The predicted octanol–water partition coefficient (Wildman–Crippen LogP) is 3.62. The van der Waals surface area contributed by atoms with Crippen LogP contribution in [0.4, 0.5) is 5.82 Å². The van der Waals surface area contributed by atoms with Gasteiger partial charge in [-0.05, 0) is 26.3 Å². The highest BCUT2D eigenvalue weighted by molar-refractivity contribution is 7.19. The van der Waals surface area contributed by atoms with Crippen molar-refractivity contribution >= 4 is 33.3 Å². The van der Waals surface area contributed by atoms with Crippen molar-refractivity contribution in [2.24, 2.45) is 0 Å². The lowest BCUT2D eigenvalue weighted by molar-refractivity contribution is -0.131. The molecule has 1 amide bonds. The fourth-order valence-electron chi connectivity index (χ4n) is 3.27. The standard InChI is InChI=1S/C21H26N4O2S/c1-4-25(11-12-26)17(27)9-10-22-20-19-18(16-7-5-14(2)6-8-16)15(3)28-21(19)24-13-23-20/h5-8,13,26H,4,9-12H2,1-3H3,(H,22,23,24). The smallest absolute Gasteiger partial charge is 0.224 e. The number of aryl methyl sites for hydroxylation is 2. The highest BCUT2D eigenvalue weighted by Gasteiger charge is 2.17. The Morgan fingerprint density at radius 3 is 2.64 bits per heavy atom. The minimum absolute atomic E-state index is 0.0202. The summed E-state index contributed by atoms with van der Waals surface area (Å²) in [6, 6.07) is 8.46. The first-order chi connectivity index (χ1) is 13.5. The van der Waals surface area contributed by atoms with E-state index in [1.807, 2.05) is 6.92 Å². The minimum atomic E-state index is -0.0202. The molecule has 0 spiro atoms. The van der Waals surface area contributed by atoms with Crippen molar-refractivity contribution < 1.29 is 9.90 Å². The minimum Gasteiger partial charge on any atom is -0.395 e. The number of aliphatic hydroxyl groups is 1. The van der Waals surface area contributed by atoms with E-state index in [1.165, 1.54) is 10.4 Å². The third-order valence-corrected chi connectivity index (χ3v) is 5.75. The predicted molar refractivity (Wildman–Crippen MR) is 115 cm³/mol. The van der Waals surface area contributed by atoms with Crippen LogP contribution in [0.15, 0.2) is 30.6 Å². The van der Waals surface area contributed by atoms with Crippen LogP contribution in [-0.4, -0.2) is 52.1 Å². The van der Waals surface area contributed by atoms with E-state index in [4.69, 9.17) is 5.11 Å². The molecule has 28 heavy (non-hydrogen) atoms. The molecule has 0 radical (unpaired) electrons. The van der Waals surface area contributed by atoms with E-state index >= 15 is 0 Å². The summed E-state index contributed by atoms with van der Waals surface area (Å²) in [5.74, 6) is 0.775. The molecule has 0 saturated carbocycles. The molecule has 0 atom stereocenters. The number of fused-ring (bicyclic) bond motifs is 1. The number of anilines is 1. The summed E-state index contributed by atoms with van der Waals surface area (Å²) < 4.78 is 0. The molecular formula is C21H26N4O2S. The number of nitrogens with zero attached hydrogens (tertiary/aromatic N) is 3. The maximum Gasteiger partial charge on any atom is 0.224 e. The molecule has 148 valence electrons. The Bertz CT molecular complexity index is 953. The first-order valence-corrected chi connectivity index (χ1v) is 10.3. The van der Waals surface area contributed by atoms with Crippen LogP contribution in [0.3, 0.4) is 0 Å². The van der Waals surface area contributed by atoms with Gasteiger partial charge in [0, 0.05) is 36.5 Å². The average molecular weight is 399 g/mol. The van der Waals surface area contributed by atoms with E-state index in [0.717, 1.165) is 27.2 Å². The topological polar surface area (TPSA) is 78.4 Å². The summed E-state index contributed by atoms with van der Waals surface area (Å²) >= 11 is 1.65. The van der Waals surface area contributed by atoms with E-state index in [1.54, 1.807) is 22.6 Å². The van der Waals surface area contributed by atoms with Crippen LogP contribution in [0.2, 0.25) is 0 Å². The lowest BCUT2D eigenvalue weighted by Gasteiger charge is -2.19. The van der Waals surface area contributed by atoms with Gasteiger partial charge < -0.3 is 15.3 Å². The van der Waals surface area contributed by atoms with Gasteiger partial charge in [0.05, 0.1) is 12.0 Å². The van der Waals surface area contributed by atoms with E-state index < -0.39 is 0 Å². The van der Waals surface area contributed by atoms with Crippen LogP contribution in [0.1, 0.15) is 23.8 Å². The van der Waals surface area contributed by atoms with Crippen molar-refractivity contribution in [3.05, 3.63) is 41.0 Å². The van der Waals surface area contributed by atoms with Gasteiger partial charge in [-0.25, -0.2) is 9.97 Å². The second-order valence-electron chi connectivity index (χ2n) is 6.68. The number of rotatable bonds is 8. The molecule has 0 aliphatic carbocycles. The molecule has 3 aromatic rings. The van der Waals surface area contributed by atoms with Crippen LogP contribution < -0.4 is 5.32 Å².